The Bertz CT molecular complexity index is 924. The number of hydrogen-bond acceptors (Lipinski definition) is 5. The molecule has 0 fully saturated rings. The van der Waals surface area contributed by atoms with E-state index in [-0.39, 0.29) is 16.8 Å². The molecule has 1 amide bonds. The van der Waals surface area contributed by atoms with Gasteiger partial charge in [0.05, 0.1) is 17.7 Å². The lowest BCUT2D eigenvalue weighted by atomic mass is 10.2. The van der Waals surface area contributed by atoms with Crippen molar-refractivity contribution in [2.75, 3.05) is 11.8 Å². The molecule has 1 atom stereocenters. The first-order chi connectivity index (χ1) is 13.1. The molecule has 2 rings (SSSR count). The van der Waals surface area contributed by atoms with Crippen LogP contribution < -0.4 is 19.5 Å². The van der Waals surface area contributed by atoms with Crippen LogP contribution in [0.15, 0.2) is 47.4 Å². The normalized spacial score (nSPS) is 12.4. The van der Waals surface area contributed by atoms with Crippen molar-refractivity contribution < 1.29 is 22.7 Å². The molecule has 0 spiro atoms. The van der Waals surface area contributed by atoms with Gasteiger partial charge in [-0.25, -0.2) is 8.42 Å². The number of nitrogens with one attached hydrogen (secondary N) is 2. The summed E-state index contributed by atoms with van der Waals surface area (Å²) >= 11 is 0. The van der Waals surface area contributed by atoms with Gasteiger partial charge in [0.2, 0.25) is 0 Å². The molecule has 7 nitrogen and oxygen atoms in total. The zero-order chi connectivity index (χ0) is 20.9. The van der Waals surface area contributed by atoms with Gasteiger partial charge in [-0.2, -0.15) is 0 Å². The molecule has 0 aliphatic rings. The molecular formula is C20H26N2O5S. The number of benzene rings is 2. The largest absolute Gasteiger partial charge is 0.495 e. The highest BCUT2D eigenvalue weighted by molar-refractivity contribution is 7.92. The van der Waals surface area contributed by atoms with E-state index in [4.69, 9.17) is 9.47 Å². The Morgan fingerprint density at radius 1 is 1.04 bits per heavy atom. The maximum atomic E-state index is 12.7. The van der Waals surface area contributed by atoms with Gasteiger partial charge >= 0.3 is 0 Å². The van der Waals surface area contributed by atoms with E-state index >= 15 is 0 Å². The van der Waals surface area contributed by atoms with Gasteiger partial charge in [0.25, 0.3) is 15.9 Å². The minimum Gasteiger partial charge on any atom is -0.495 e. The molecule has 0 aliphatic heterocycles. The van der Waals surface area contributed by atoms with Gasteiger partial charge in [-0.15, -0.1) is 0 Å². The second-order valence-electron chi connectivity index (χ2n) is 6.70. The van der Waals surface area contributed by atoms with E-state index in [2.05, 4.69) is 10.0 Å². The molecule has 0 bridgehead atoms. The van der Waals surface area contributed by atoms with Crippen molar-refractivity contribution in [1.82, 2.24) is 5.32 Å². The Morgan fingerprint density at radius 2 is 1.68 bits per heavy atom. The number of rotatable bonds is 8. The molecule has 0 radical (unpaired) electrons. The van der Waals surface area contributed by atoms with Crippen LogP contribution in [0.2, 0.25) is 0 Å². The van der Waals surface area contributed by atoms with Crippen LogP contribution in [0.4, 0.5) is 5.69 Å². The number of amides is 1. The average Bonchev–Trinajstić information content (AvgIpc) is 2.61. The topological polar surface area (TPSA) is 93.7 Å². The second kappa shape index (κ2) is 8.97. The number of anilines is 1. The maximum absolute atomic E-state index is 12.7. The fourth-order valence-electron chi connectivity index (χ4n) is 2.46. The summed E-state index contributed by atoms with van der Waals surface area (Å²) in [7, 11) is -2.33. The molecule has 0 saturated carbocycles. The number of ether oxygens (including phenoxy) is 2. The second-order valence-corrected chi connectivity index (χ2v) is 8.39. The molecule has 0 aromatic heterocycles. The lowest BCUT2D eigenvalue weighted by Gasteiger charge is -2.17. The van der Waals surface area contributed by atoms with Crippen molar-refractivity contribution in [2.45, 2.75) is 44.7 Å². The summed E-state index contributed by atoms with van der Waals surface area (Å²) in [6.45, 7) is 7.22. The number of aryl methyl sites for hydroxylation is 1. The van der Waals surface area contributed by atoms with Gasteiger partial charge in [0, 0.05) is 6.04 Å². The maximum Gasteiger partial charge on any atom is 0.262 e. The summed E-state index contributed by atoms with van der Waals surface area (Å²) in [5.74, 6) is 0.595. The Morgan fingerprint density at radius 3 is 2.25 bits per heavy atom. The average molecular weight is 407 g/mol. The van der Waals surface area contributed by atoms with E-state index < -0.39 is 16.1 Å². The SMILES string of the molecule is COc1ccc(C)cc1NS(=O)(=O)c1ccc(O[C@H](C)C(=O)NC(C)C)cc1. The van der Waals surface area contributed by atoms with Crippen LogP contribution in [0.1, 0.15) is 26.3 Å². The van der Waals surface area contributed by atoms with E-state index in [0.717, 1.165) is 5.56 Å². The Labute approximate surface area is 166 Å². The van der Waals surface area contributed by atoms with Crippen molar-refractivity contribution >= 4 is 21.6 Å². The van der Waals surface area contributed by atoms with Crippen LogP contribution in [0.25, 0.3) is 0 Å². The highest BCUT2D eigenvalue weighted by Gasteiger charge is 2.18. The number of hydrogen-bond donors (Lipinski definition) is 2. The molecule has 0 unspecified atom stereocenters. The first-order valence-corrected chi connectivity index (χ1v) is 10.3. The minimum absolute atomic E-state index is 0.00996. The van der Waals surface area contributed by atoms with Crippen LogP contribution in [-0.2, 0) is 14.8 Å². The quantitative estimate of drug-likeness (QED) is 0.703. The summed E-state index contributed by atoms with van der Waals surface area (Å²) in [5.41, 5.74) is 1.26. The van der Waals surface area contributed by atoms with Crippen molar-refractivity contribution in [3.63, 3.8) is 0 Å². The zero-order valence-electron chi connectivity index (χ0n) is 16.6. The molecule has 0 heterocycles. The van der Waals surface area contributed by atoms with Crippen LogP contribution in [0.3, 0.4) is 0 Å². The van der Waals surface area contributed by atoms with E-state index in [0.29, 0.717) is 17.2 Å². The molecule has 0 aliphatic carbocycles. The first kappa shape index (κ1) is 21.6. The predicted octanol–water partition coefficient (Wildman–Crippen LogP) is 3.10. The fraction of sp³-hybridized carbons (Fsp3) is 0.350. The Kier molecular flexibility index (Phi) is 6.90. The standard InChI is InChI=1S/C20H26N2O5S/c1-13(2)21-20(23)15(4)27-16-7-9-17(10-8-16)28(24,25)22-18-12-14(3)6-11-19(18)26-5/h6-13,15,22H,1-5H3,(H,21,23)/t15-/m1/s1. The highest BCUT2D eigenvalue weighted by atomic mass is 32.2. The smallest absolute Gasteiger partial charge is 0.262 e. The van der Waals surface area contributed by atoms with Gasteiger partial charge in [-0.1, -0.05) is 6.07 Å². The number of carbonyl (C=O) groups excluding carboxylic acids is 1. The molecule has 0 saturated heterocycles. The fourth-order valence-corrected chi connectivity index (χ4v) is 3.52. The monoisotopic (exact) mass is 406 g/mol. The van der Waals surface area contributed by atoms with Crippen molar-refractivity contribution in [1.29, 1.82) is 0 Å². The van der Waals surface area contributed by atoms with Gasteiger partial charge in [-0.05, 0) is 69.7 Å². The molecule has 152 valence electrons. The van der Waals surface area contributed by atoms with Crippen LogP contribution in [0, 0.1) is 6.92 Å². The van der Waals surface area contributed by atoms with Gasteiger partial charge in [0.15, 0.2) is 6.10 Å². The van der Waals surface area contributed by atoms with Crippen LogP contribution in [-0.4, -0.2) is 33.6 Å². The van der Waals surface area contributed by atoms with Crippen LogP contribution in [0.5, 0.6) is 11.5 Å². The van der Waals surface area contributed by atoms with Gasteiger partial charge in [0.1, 0.15) is 11.5 Å². The van der Waals surface area contributed by atoms with E-state index in [1.165, 1.54) is 31.4 Å². The van der Waals surface area contributed by atoms with Crippen molar-refractivity contribution in [3.05, 3.63) is 48.0 Å². The van der Waals surface area contributed by atoms with Crippen molar-refractivity contribution in [3.8, 4) is 11.5 Å². The number of methoxy groups -OCH3 is 1. The third-order valence-electron chi connectivity index (χ3n) is 3.85. The minimum atomic E-state index is -3.80. The zero-order valence-corrected chi connectivity index (χ0v) is 17.5. The molecule has 8 heteroatoms. The molecule has 2 aromatic carbocycles. The van der Waals surface area contributed by atoms with E-state index in [9.17, 15) is 13.2 Å². The third kappa shape index (κ3) is 5.63. The summed E-state index contributed by atoms with van der Waals surface area (Å²) in [6, 6.07) is 11.1. The summed E-state index contributed by atoms with van der Waals surface area (Å²) < 4.78 is 38.7. The number of carbonyl (C=O) groups is 1. The molecule has 2 aromatic rings. The predicted molar refractivity (Wildman–Crippen MR) is 108 cm³/mol. The summed E-state index contributed by atoms with van der Waals surface area (Å²) in [6.07, 6.45) is -0.695. The van der Waals surface area contributed by atoms with E-state index in [1.807, 2.05) is 26.8 Å². The molecule has 2 N–H and O–H groups in total. The third-order valence-corrected chi connectivity index (χ3v) is 5.23. The summed E-state index contributed by atoms with van der Waals surface area (Å²) in [4.78, 5) is 12.0. The van der Waals surface area contributed by atoms with Gasteiger partial charge in [-0.3, -0.25) is 9.52 Å². The number of sulfonamides is 1. The summed E-state index contributed by atoms with van der Waals surface area (Å²) in [5, 5.41) is 2.76. The molecular weight excluding hydrogens is 380 g/mol. The van der Waals surface area contributed by atoms with E-state index in [1.54, 1.807) is 19.1 Å². The lowest BCUT2D eigenvalue weighted by Crippen LogP contribution is -2.40. The van der Waals surface area contributed by atoms with Gasteiger partial charge < -0.3 is 14.8 Å². The van der Waals surface area contributed by atoms with Crippen LogP contribution >= 0.6 is 0 Å². The lowest BCUT2D eigenvalue weighted by molar-refractivity contribution is -0.127. The molecule has 28 heavy (non-hydrogen) atoms. The first-order valence-electron chi connectivity index (χ1n) is 8.87. The Balaban J connectivity index is 2.14. The Hall–Kier alpha value is -2.74. The highest BCUT2D eigenvalue weighted by Crippen LogP contribution is 2.28. The van der Waals surface area contributed by atoms with Crippen molar-refractivity contribution in [2.24, 2.45) is 0 Å².